The molecule has 0 unspecified atom stereocenters. The SMILES string of the molecule is Cc1nn(-c2ccccc2)c(Cl)c1COC(=O)CCn1cnc2c(cnn2C)c1=O. The largest absolute Gasteiger partial charge is 0.461 e. The van der Waals surface area contributed by atoms with Gasteiger partial charge in [0.15, 0.2) is 5.65 Å². The lowest BCUT2D eigenvalue weighted by molar-refractivity contribution is -0.145. The van der Waals surface area contributed by atoms with Gasteiger partial charge in [0.25, 0.3) is 5.56 Å². The summed E-state index contributed by atoms with van der Waals surface area (Å²) in [7, 11) is 1.71. The zero-order chi connectivity index (χ0) is 21.3. The van der Waals surface area contributed by atoms with Gasteiger partial charge in [-0.2, -0.15) is 10.2 Å². The highest BCUT2D eigenvalue weighted by Gasteiger charge is 2.17. The van der Waals surface area contributed by atoms with E-state index in [1.165, 1.54) is 21.8 Å². The first-order valence-corrected chi connectivity index (χ1v) is 9.65. The first kappa shape index (κ1) is 19.8. The van der Waals surface area contributed by atoms with Gasteiger partial charge in [-0.15, -0.1) is 0 Å². The second-order valence-electron chi connectivity index (χ2n) is 6.76. The third-order valence-electron chi connectivity index (χ3n) is 4.77. The fourth-order valence-corrected chi connectivity index (χ4v) is 3.42. The highest BCUT2D eigenvalue weighted by atomic mass is 35.5. The number of esters is 1. The number of carbonyl (C=O) groups excluding carboxylic acids is 1. The fourth-order valence-electron chi connectivity index (χ4n) is 3.10. The summed E-state index contributed by atoms with van der Waals surface area (Å²) in [6.45, 7) is 1.97. The first-order valence-electron chi connectivity index (χ1n) is 9.28. The van der Waals surface area contributed by atoms with E-state index in [-0.39, 0.29) is 25.1 Å². The molecule has 0 saturated heterocycles. The Balaban J connectivity index is 1.41. The Morgan fingerprint density at radius 3 is 2.77 bits per heavy atom. The van der Waals surface area contributed by atoms with Crippen LogP contribution in [0.5, 0.6) is 0 Å². The van der Waals surface area contributed by atoms with Gasteiger partial charge >= 0.3 is 5.97 Å². The van der Waals surface area contributed by atoms with Crippen molar-refractivity contribution in [2.24, 2.45) is 7.05 Å². The third-order valence-corrected chi connectivity index (χ3v) is 5.16. The van der Waals surface area contributed by atoms with Gasteiger partial charge < -0.3 is 4.74 Å². The molecule has 0 saturated carbocycles. The Bertz CT molecular complexity index is 1280. The minimum absolute atomic E-state index is 0.00508. The number of benzene rings is 1. The molecule has 0 spiro atoms. The number of rotatable bonds is 6. The highest BCUT2D eigenvalue weighted by molar-refractivity contribution is 6.30. The molecule has 0 atom stereocenters. The lowest BCUT2D eigenvalue weighted by Crippen LogP contribution is -2.22. The maximum atomic E-state index is 12.4. The van der Waals surface area contributed by atoms with Gasteiger partial charge in [-0.25, -0.2) is 9.67 Å². The zero-order valence-electron chi connectivity index (χ0n) is 16.4. The molecule has 4 aromatic rings. The Hall–Kier alpha value is -3.46. The third kappa shape index (κ3) is 3.71. The standard InChI is InChI=1S/C20H19ClN6O3/c1-13-16(18(21)27(24-13)14-6-4-3-5-7-14)11-30-17(28)8-9-26-12-22-19-15(20(26)29)10-23-25(19)2/h3-7,10,12H,8-9,11H2,1-2H3. The quantitative estimate of drug-likeness (QED) is 0.439. The van der Waals surface area contributed by atoms with Crippen LogP contribution in [0, 0.1) is 6.92 Å². The Kier molecular flexibility index (Phi) is 5.37. The van der Waals surface area contributed by atoms with Crippen LogP contribution in [0.4, 0.5) is 0 Å². The normalized spacial score (nSPS) is 11.2. The van der Waals surface area contributed by atoms with Crippen LogP contribution < -0.4 is 5.56 Å². The molecule has 1 aromatic carbocycles. The van der Waals surface area contributed by atoms with E-state index in [0.717, 1.165) is 5.69 Å². The predicted octanol–water partition coefficient (Wildman–Crippen LogP) is 2.41. The summed E-state index contributed by atoms with van der Waals surface area (Å²) in [4.78, 5) is 28.9. The molecule has 4 rings (SSSR count). The van der Waals surface area contributed by atoms with Gasteiger partial charge in [0, 0.05) is 19.2 Å². The summed E-state index contributed by atoms with van der Waals surface area (Å²) >= 11 is 6.45. The van der Waals surface area contributed by atoms with Gasteiger partial charge in [-0.05, 0) is 19.1 Å². The smallest absolute Gasteiger partial charge is 0.307 e. The molecule has 0 bridgehead atoms. The molecule has 0 aliphatic rings. The summed E-state index contributed by atoms with van der Waals surface area (Å²) in [5.41, 5.74) is 2.40. The van der Waals surface area contributed by atoms with Gasteiger partial charge in [0.05, 0.1) is 30.3 Å². The minimum Gasteiger partial charge on any atom is -0.461 e. The second-order valence-corrected chi connectivity index (χ2v) is 7.12. The van der Waals surface area contributed by atoms with Crippen molar-refractivity contribution in [2.75, 3.05) is 0 Å². The van der Waals surface area contributed by atoms with Crippen molar-refractivity contribution in [3.8, 4) is 5.69 Å². The molecule has 0 N–H and O–H groups in total. The van der Waals surface area contributed by atoms with E-state index in [0.29, 0.717) is 27.4 Å². The van der Waals surface area contributed by atoms with E-state index in [9.17, 15) is 9.59 Å². The van der Waals surface area contributed by atoms with Gasteiger partial charge in [-0.1, -0.05) is 29.8 Å². The summed E-state index contributed by atoms with van der Waals surface area (Å²) in [5.74, 6) is -0.448. The monoisotopic (exact) mass is 426 g/mol. The van der Waals surface area contributed by atoms with Crippen molar-refractivity contribution in [1.82, 2.24) is 29.1 Å². The molecule has 30 heavy (non-hydrogen) atoms. The Labute approximate surface area is 176 Å². The van der Waals surface area contributed by atoms with E-state index < -0.39 is 5.97 Å². The molecule has 3 heterocycles. The molecule has 0 fully saturated rings. The zero-order valence-corrected chi connectivity index (χ0v) is 17.2. The molecular formula is C20H19ClN6O3. The van der Waals surface area contributed by atoms with Crippen molar-refractivity contribution < 1.29 is 9.53 Å². The molecule has 0 radical (unpaired) electrons. The summed E-state index contributed by atoms with van der Waals surface area (Å²) in [5, 5.41) is 9.26. The van der Waals surface area contributed by atoms with Crippen LogP contribution in [-0.4, -0.2) is 35.1 Å². The van der Waals surface area contributed by atoms with E-state index in [2.05, 4.69) is 15.2 Å². The van der Waals surface area contributed by atoms with E-state index in [1.54, 1.807) is 11.7 Å². The molecule has 154 valence electrons. The maximum absolute atomic E-state index is 12.4. The van der Waals surface area contributed by atoms with Crippen LogP contribution >= 0.6 is 11.6 Å². The average molecular weight is 427 g/mol. The first-order chi connectivity index (χ1) is 14.5. The number of hydrogen-bond donors (Lipinski definition) is 0. The summed E-state index contributed by atoms with van der Waals surface area (Å²) in [6.07, 6.45) is 2.90. The number of hydrogen-bond acceptors (Lipinski definition) is 6. The number of nitrogens with zero attached hydrogens (tertiary/aromatic N) is 6. The van der Waals surface area contributed by atoms with Crippen LogP contribution in [0.1, 0.15) is 17.7 Å². The second kappa shape index (κ2) is 8.11. The van der Waals surface area contributed by atoms with Gasteiger partial charge in [0.2, 0.25) is 0 Å². The van der Waals surface area contributed by atoms with Gasteiger partial charge in [-0.3, -0.25) is 18.8 Å². The van der Waals surface area contributed by atoms with Crippen LogP contribution in [-0.2, 0) is 29.7 Å². The van der Waals surface area contributed by atoms with Crippen LogP contribution in [0.3, 0.4) is 0 Å². The molecule has 3 aromatic heterocycles. The molecule has 9 nitrogen and oxygen atoms in total. The van der Waals surface area contributed by atoms with E-state index in [1.807, 2.05) is 37.3 Å². The topological polar surface area (TPSA) is 96.8 Å². The highest BCUT2D eigenvalue weighted by Crippen LogP contribution is 2.24. The molecule has 0 amide bonds. The number of halogens is 1. The molecule has 10 heteroatoms. The van der Waals surface area contributed by atoms with Gasteiger partial charge in [0.1, 0.15) is 17.1 Å². The maximum Gasteiger partial charge on any atom is 0.307 e. The molecule has 0 aliphatic heterocycles. The van der Waals surface area contributed by atoms with Crippen molar-refractivity contribution in [2.45, 2.75) is 26.5 Å². The van der Waals surface area contributed by atoms with Crippen LogP contribution in [0.2, 0.25) is 5.15 Å². The summed E-state index contributed by atoms with van der Waals surface area (Å²) < 4.78 is 9.87. The number of carbonyl (C=O) groups is 1. The average Bonchev–Trinajstić information content (AvgIpc) is 3.26. The van der Waals surface area contributed by atoms with E-state index in [4.69, 9.17) is 16.3 Å². The molecular weight excluding hydrogens is 408 g/mol. The van der Waals surface area contributed by atoms with Crippen molar-refractivity contribution in [3.63, 3.8) is 0 Å². The Morgan fingerprint density at radius 2 is 2.00 bits per heavy atom. The van der Waals surface area contributed by atoms with Crippen LogP contribution in [0.15, 0.2) is 47.7 Å². The number of aryl methyl sites for hydroxylation is 3. The van der Waals surface area contributed by atoms with Crippen molar-refractivity contribution >= 4 is 28.6 Å². The van der Waals surface area contributed by atoms with Crippen molar-refractivity contribution in [3.05, 3.63) is 69.6 Å². The van der Waals surface area contributed by atoms with E-state index >= 15 is 0 Å². The van der Waals surface area contributed by atoms with Crippen LogP contribution in [0.25, 0.3) is 16.7 Å². The number of ether oxygens (including phenoxy) is 1. The summed E-state index contributed by atoms with van der Waals surface area (Å²) in [6, 6.07) is 9.46. The number of fused-ring (bicyclic) bond motifs is 1. The lowest BCUT2D eigenvalue weighted by atomic mass is 10.3. The fraction of sp³-hybridized carbons (Fsp3) is 0.250. The number of aromatic nitrogens is 6. The minimum atomic E-state index is -0.448. The predicted molar refractivity (Wildman–Crippen MR) is 110 cm³/mol. The Morgan fingerprint density at radius 1 is 1.23 bits per heavy atom. The van der Waals surface area contributed by atoms with Crippen molar-refractivity contribution in [1.29, 1.82) is 0 Å². The lowest BCUT2D eigenvalue weighted by Gasteiger charge is -2.07. The molecule has 0 aliphatic carbocycles. The number of para-hydroxylation sites is 1.